The predicted octanol–water partition coefficient (Wildman–Crippen LogP) is 1.20. The SMILES string of the molecule is CC.COC(=O)[C@H]1CCCN1C(C)=O. The zero-order valence-corrected chi connectivity index (χ0v) is 9.37. The van der Waals surface area contributed by atoms with Crippen LogP contribution in [0.2, 0.25) is 0 Å². The molecule has 14 heavy (non-hydrogen) atoms. The maximum atomic E-state index is 11.1. The van der Waals surface area contributed by atoms with Gasteiger partial charge in [-0.1, -0.05) is 13.8 Å². The molecule has 1 fully saturated rings. The van der Waals surface area contributed by atoms with E-state index < -0.39 is 0 Å². The summed E-state index contributed by atoms with van der Waals surface area (Å²) in [5.41, 5.74) is 0. The van der Waals surface area contributed by atoms with Crippen molar-refractivity contribution in [3.05, 3.63) is 0 Å². The lowest BCUT2D eigenvalue weighted by atomic mass is 10.2. The average Bonchev–Trinajstić information content (AvgIpc) is 2.68. The number of ether oxygens (including phenoxy) is 1. The number of esters is 1. The van der Waals surface area contributed by atoms with E-state index in [1.807, 2.05) is 13.8 Å². The van der Waals surface area contributed by atoms with Gasteiger partial charge in [0.15, 0.2) is 0 Å². The van der Waals surface area contributed by atoms with Gasteiger partial charge in [-0.25, -0.2) is 4.79 Å². The van der Waals surface area contributed by atoms with Crippen molar-refractivity contribution < 1.29 is 14.3 Å². The molecule has 0 aliphatic carbocycles. The number of likely N-dealkylation sites (tertiary alicyclic amines) is 1. The molecule has 0 saturated carbocycles. The number of carbonyl (C=O) groups is 2. The van der Waals surface area contributed by atoms with Gasteiger partial charge in [-0.05, 0) is 12.8 Å². The van der Waals surface area contributed by atoms with Crippen LogP contribution in [0.15, 0.2) is 0 Å². The Morgan fingerprint density at radius 2 is 1.93 bits per heavy atom. The van der Waals surface area contributed by atoms with E-state index in [0.717, 1.165) is 12.8 Å². The highest BCUT2D eigenvalue weighted by Gasteiger charge is 2.32. The first kappa shape index (κ1) is 12.9. The predicted molar refractivity (Wildman–Crippen MR) is 53.8 cm³/mol. The molecule has 82 valence electrons. The summed E-state index contributed by atoms with van der Waals surface area (Å²) in [5, 5.41) is 0. The second-order valence-corrected chi connectivity index (χ2v) is 2.89. The Bertz CT molecular complexity index is 204. The summed E-state index contributed by atoms with van der Waals surface area (Å²) in [6.45, 7) is 6.15. The quantitative estimate of drug-likeness (QED) is 0.599. The van der Waals surface area contributed by atoms with Crippen molar-refractivity contribution in [2.24, 2.45) is 0 Å². The van der Waals surface area contributed by atoms with Gasteiger partial charge in [0.05, 0.1) is 7.11 Å². The van der Waals surface area contributed by atoms with Crippen LogP contribution in [0.5, 0.6) is 0 Å². The first-order chi connectivity index (χ1) is 6.66. The molecule has 0 aromatic rings. The van der Waals surface area contributed by atoms with Crippen molar-refractivity contribution in [2.75, 3.05) is 13.7 Å². The van der Waals surface area contributed by atoms with E-state index in [4.69, 9.17) is 0 Å². The number of hydrogen-bond acceptors (Lipinski definition) is 3. The molecule has 0 aromatic carbocycles. The van der Waals surface area contributed by atoms with Crippen LogP contribution in [0, 0.1) is 0 Å². The van der Waals surface area contributed by atoms with Crippen molar-refractivity contribution >= 4 is 11.9 Å². The fraction of sp³-hybridized carbons (Fsp3) is 0.800. The molecule has 1 atom stereocenters. The van der Waals surface area contributed by atoms with E-state index in [-0.39, 0.29) is 17.9 Å². The summed E-state index contributed by atoms with van der Waals surface area (Å²) in [6, 6.07) is -0.340. The van der Waals surface area contributed by atoms with Crippen LogP contribution < -0.4 is 0 Å². The summed E-state index contributed by atoms with van der Waals surface area (Å²) < 4.78 is 4.58. The van der Waals surface area contributed by atoms with Crippen molar-refractivity contribution in [2.45, 2.75) is 39.7 Å². The lowest BCUT2D eigenvalue weighted by Gasteiger charge is -2.20. The lowest BCUT2D eigenvalue weighted by Crippen LogP contribution is -2.39. The van der Waals surface area contributed by atoms with E-state index in [1.165, 1.54) is 14.0 Å². The summed E-state index contributed by atoms with van der Waals surface area (Å²) in [4.78, 5) is 23.7. The molecule has 4 heteroatoms. The van der Waals surface area contributed by atoms with Crippen molar-refractivity contribution in [3.63, 3.8) is 0 Å². The highest BCUT2D eigenvalue weighted by atomic mass is 16.5. The third kappa shape index (κ3) is 3.01. The molecule has 1 rings (SSSR count). The van der Waals surface area contributed by atoms with Crippen LogP contribution in [0.4, 0.5) is 0 Å². The molecule has 4 nitrogen and oxygen atoms in total. The Balaban J connectivity index is 0.000000791. The normalized spacial score (nSPS) is 19.7. The largest absolute Gasteiger partial charge is 0.467 e. The average molecular weight is 201 g/mol. The van der Waals surface area contributed by atoms with E-state index >= 15 is 0 Å². The zero-order valence-electron chi connectivity index (χ0n) is 9.37. The first-order valence-electron chi connectivity index (χ1n) is 5.02. The van der Waals surface area contributed by atoms with Crippen molar-refractivity contribution in [1.82, 2.24) is 4.90 Å². The van der Waals surface area contributed by atoms with Crippen LogP contribution >= 0.6 is 0 Å². The number of hydrogen-bond donors (Lipinski definition) is 0. The molecule has 0 N–H and O–H groups in total. The lowest BCUT2D eigenvalue weighted by molar-refractivity contribution is -0.150. The Labute approximate surface area is 85.2 Å². The number of rotatable bonds is 1. The second-order valence-electron chi connectivity index (χ2n) is 2.89. The Kier molecular flexibility index (Phi) is 5.92. The molecule has 0 aromatic heterocycles. The molecule has 0 unspecified atom stereocenters. The van der Waals surface area contributed by atoms with Crippen LogP contribution in [-0.4, -0.2) is 36.5 Å². The number of nitrogens with zero attached hydrogens (tertiary/aromatic N) is 1. The van der Waals surface area contributed by atoms with Crippen LogP contribution in [0.1, 0.15) is 33.6 Å². The second kappa shape index (κ2) is 6.40. The van der Waals surface area contributed by atoms with E-state index in [1.54, 1.807) is 4.90 Å². The molecule has 1 aliphatic rings. The number of carbonyl (C=O) groups excluding carboxylic acids is 2. The topological polar surface area (TPSA) is 46.6 Å². The standard InChI is InChI=1S/C8H13NO3.C2H6/c1-6(10)9-5-3-4-7(9)8(11)12-2;1-2/h7H,3-5H2,1-2H3;1-2H3/t7-;/m1./s1. The maximum Gasteiger partial charge on any atom is 0.328 e. The Hall–Kier alpha value is -1.06. The van der Waals surface area contributed by atoms with Gasteiger partial charge in [0.25, 0.3) is 0 Å². The van der Waals surface area contributed by atoms with E-state index in [2.05, 4.69) is 4.74 Å². The molecule has 0 spiro atoms. The minimum atomic E-state index is -0.340. The van der Waals surface area contributed by atoms with Crippen LogP contribution in [-0.2, 0) is 14.3 Å². The molecular formula is C10H19NO3. The monoisotopic (exact) mass is 201 g/mol. The molecule has 0 radical (unpaired) electrons. The molecule has 1 saturated heterocycles. The summed E-state index contributed by atoms with van der Waals surface area (Å²) in [6.07, 6.45) is 1.62. The minimum Gasteiger partial charge on any atom is -0.467 e. The van der Waals surface area contributed by atoms with Gasteiger partial charge in [0, 0.05) is 13.5 Å². The van der Waals surface area contributed by atoms with Crippen molar-refractivity contribution in [1.29, 1.82) is 0 Å². The smallest absolute Gasteiger partial charge is 0.328 e. The molecule has 1 aliphatic heterocycles. The fourth-order valence-electron chi connectivity index (χ4n) is 1.52. The third-order valence-electron chi connectivity index (χ3n) is 2.13. The van der Waals surface area contributed by atoms with Gasteiger partial charge in [0.2, 0.25) is 5.91 Å². The first-order valence-corrected chi connectivity index (χ1v) is 5.02. The highest BCUT2D eigenvalue weighted by molar-refractivity contribution is 5.83. The third-order valence-corrected chi connectivity index (χ3v) is 2.13. The van der Waals surface area contributed by atoms with Crippen molar-refractivity contribution in [3.8, 4) is 0 Å². The minimum absolute atomic E-state index is 0.0529. The molecule has 1 amide bonds. The Morgan fingerprint density at radius 1 is 1.36 bits per heavy atom. The highest BCUT2D eigenvalue weighted by Crippen LogP contribution is 2.17. The van der Waals surface area contributed by atoms with Gasteiger partial charge in [0.1, 0.15) is 6.04 Å². The van der Waals surface area contributed by atoms with E-state index in [0.29, 0.717) is 6.54 Å². The number of amides is 1. The van der Waals surface area contributed by atoms with Crippen LogP contribution in [0.25, 0.3) is 0 Å². The van der Waals surface area contributed by atoms with Crippen LogP contribution in [0.3, 0.4) is 0 Å². The summed E-state index contributed by atoms with van der Waals surface area (Å²) in [7, 11) is 1.35. The molecular weight excluding hydrogens is 182 g/mol. The molecule has 0 bridgehead atoms. The number of methoxy groups -OCH3 is 1. The van der Waals surface area contributed by atoms with Gasteiger partial charge in [-0.2, -0.15) is 0 Å². The van der Waals surface area contributed by atoms with E-state index in [9.17, 15) is 9.59 Å². The van der Waals surface area contributed by atoms with Gasteiger partial charge >= 0.3 is 5.97 Å². The summed E-state index contributed by atoms with van der Waals surface area (Å²) in [5.74, 6) is -0.356. The fourth-order valence-corrected chi connectivity index (χ4v) is 1.52. The van der Waals surface area contributed by atoms with Gasteiger partial charge in [-0.3, -0.25) is 4.79 Å². The van der Waals surface area contributed by atoms with Gasteiger partial charge in [-0.15, -0.1) is 0 Å². The van der Waals surface area contributed by atoms with Gasteiger partial charge < -0.3 is 9.64 Å². The summed E-state index contributed by atoms with van der Waals surface area (Å²) >= 11 is 0. The maximum absolute atomic E-state index is 11.1. The molecule has 1 heterocycles. The Morgan fingerprint density at radius 3 is 2.36 bits per heavy atom. The zero-order chi connectivity index (χ0) is 11.1.